The van der Waals surface area contributed by atoms with E-state index in [1.165, 1.54) is 4.90 Å². The molecule has 1 aromatic carbocycles. The van der Waals surface area contributed by atoms with Gasteiger partial charge in [0.25, 0.3) is 0 Å². The number of rotatable bonds is 3. The molecule has 3 nitrogen and oxygen atoms in total. The lowest BCUT2D eigenvalue weighted by Crippen LogP contribution is -2.17. The van der Waals surface area contributed by atoms with Gasteiger partial charge in [-0.05, 0) is 28.1 Å². The van der Waals surface area contributed by atoms with E-state index in [4.69, 9.17) is 5.73 Å². The smallest absolute Gasteiger partial charge is 0.141 e. The topological polar surface area (TPSA) is 51.8 Å². The van der Waals surface area contributed by atoms with E-state index in [-0.39, 0.29) is 5.41 Å². The minimum atomic E-state index is -0.0674. The molecule has 0 saturated carbocycles. The highest BCUT2D eigenvalue weighted by Crippen LogP contribution is 2.32. The maximum absolute atomic E-state index is 5.98. The molecule has 2 aromatic rings. The van der Waals surface area contributed by atoms with Crippen LogP contribution in [0.15, 0.2) is 39.7 Å². The van der Waals surface area contributed by atoms with Crippen LogP contribution in [0, 0.1) is 0 Å². The van der Waals surface area contributed by atoms with E-state index in [0.29, 0.717) is 11.6 Å². The molecule has 0 atom stereocenters. The molecule has 0 aliphatic rings. The Balaban J connectivity index is 2.23. The summed E-state index contributed by atoms with van der Waals surface area (Å²) in [5, 5.41) is 0. The van der Waals surface area contributed by atoms with Crippen LogP contribution in [0.3, 0.4) is 0 Å². The summed E-state index contributed by atoms with van der Waals surface area (Å²) < 4.78 is 0.804. The number of nitrogens with two attached hydrogens (primary N) is 1. The predicted octanol–water partition coefficient (Wildman–Crippen LogP) is 4.41. The summed E-state index contributed by atoms with van der Waals surface area (Å²) in [6.45, 7) is 6.36. The first-order valence-electron chi connectivity index (χ1n) is 6.38. The summed E-state index contributed by atoms with van der Waals surface area (Å²) in [6, 6.07) is 10.2. The molecular formula is C15H18BrN3S. The standard InChI is InChI=1S/C15H18BrN3S/c1-15(2,3)13-12(16)14(17)19-11(18-13)9-20-10-7-5-4-6-8-10/h4-8H,9H2,1-3H3,(H2,17,18,19). The van der Waals surface area contributed by atoms with E-state index in [2.05, 4.69) is 58.8 Å². The van der Waals surface area contributed by atoms with E-state index >= 15 is 0 Å². The first-order valence-corrected chi connectivity index (χ1v) is 8.16. The van der Waals surface area contributed by atoms with E-state index in [0.717, 1.165) is 16.0 Å². The van der Waals surface area contributed by atoms with Gasteiger partial charge in [0.2, 0.25) is 0 Å². The highest BCUT2D eigenvalue weighted by Gasteiger charge is 2.22. The van der Waals surface area contributed by atoms with Gasteiger partial charge in [-0.1, -0.05) is 39.0 Å². The number of thioether (sulfide) groups is 1. The zero-order valence-corrected chi connectivity index (χ0v) is 14.3. The number of halogens is 1. The summed E-state index contributed by atoms with van der Waals surface area (Å²) in [5.74, 6) is 1.99. The molecule has 1 aromatic heterocycles. The molecule has 2 rings (SSSR count). The second-order valence-corrected chi connectivity index (χ2v) is 7.38. The van der Waals surface area contributed by atoms with Gasteiger partial charge in [0.15, 0.2) is 0 Å². The van der Waals surface area contributed by atoms with E-state index < -0.39 is 0 Å². The van der Waals surface area contributed by atoms with Crippen molar-refractivity contribution in [2.75, 3.05) is 5.73 Å². The summed E-state index contributed by atoms with van der Waals surface area (Å²) >= 11 is 5.20. The van der Waals surface area contributed by atoms with Crippen molar-refractivity contribution in [3.8, 4) is 0 Å². The Bertz CT molecular complexity index is 594. The normalized spacial score (nSPS) is 11.6. The Morgan fingerprint density at radius 2 is 1.80 bits per heavy atom. The Hall–Kier alpha value is -1.07. The SMILES string of the molecule is CC(C)(C)c1nc(CSc2ccccc2)nc(N)c1Br. The average Bonchev–Trinajstić information content (AvgIpc) is 2.40. The molecule has 106 valence electrons. The van der Waals surface area contributed by atoms with Crippen molar-refractivity contribution in [3.63, 3.8) is 0 Å². The number of hydrogen-bond donors (Lipinski definition) is 1. The fraction of sp³-hybridized carbons (Fsp3) is 0.333. The van der Waals surface area contributed by atoms with Crippen LogP contribution in [0.2, 0.25) is 0 Å². The van der Waals surface area contributed by atoms with Crippen LogP contribution in [0.25, 0.3) is 0 Å². The number of anilines is 1. The van der Waals surface area contributed by atoms with Crippen molar-refractivity contribution < 1.29 is 0 Å². The molecule has 0 spiro atoms. The number of benzene rings is 1. The van der Waals surface area contributed by atoms with Crippen molar-refractivity contribution >= 4 is 33.5 Å². The van der Waals surface area contributed by atoms with Crippen LogP contribution in [0.5, 0.6) is 0 Å². The Morgan fingerprint density at radius 3 is 2.40 bits per heavy atom. The van der Waals surface area contributed by atoms with Gasteiger partial charge >= 0.3 is 0 Å². The Kier molecular flexibility index (Phi) is 4.70. The van der Waals surface area contributed by atoms with Gasteiger partial charge in [-0.15, -0.1) is 11.8 Å². The van der Waals surface area contributed by atoms with Gasteiger partial charge in [-0.3, -0.25) is 0 Å². The van der Waals surface area contributed by atoms with Gasteiger partial charge in [-0.2, -0.15) is 0 Å². The second kappa shape index (κ2) is 6.14. The van der Waals surface area contributed by atoms with Crippen molar-refractivity contribution in [1.82, 2.24) is 9.97 Å². The lowest BCUT2D eigenvalue weighted by molar-refractivity contribution is 0.561. The zero-order chi connectivity index (χ0) is 14.8. The maximum atomic E-state index is 5.98. The molecule has 20 heavy (non-hydrogen) atoms. The molecule has 5 heteroatoms. The minimum absolute atomic E-state index is 0.0674. The largest absolute Gasteiger partial charge is 0.383 e. The third kappa shape index (κ3) is 3.73. The summed E-state index contributed by atoms with van der Waals surface area (Å²) in [5.41, 5.74) is 6.86. The number of hydrogen-bond acceptors (Lipinski definition) is 4. The fourth-order valence-electron chi connectivity index (χ4n) is 1.74. The van der Waals surface area contributed by atoms with Gasteiger partial charge in [0, 0.05) is 10.3 Å². The van der Waals surface area contributed by atoms with E-state index in [1.54, 1.807) is 11.8 Å². The van der Waals surface area contributed by atoms with Crippen LogP contribution in [-0.2, 0) is 11.2 Å². The quantitative estimate of drug-likeness (QED) is 0.832. The maximum Gasteiger partial charge on any atom is 0.141 e. The number of nitrogen functional groups attached to an aromatic ring is 1. The molecule has 1 heterocycles. The van der Waals surface area contributed by atoms with Crippen LogP contribution in [0.4, 0.5) is 5.82 Å². The molecule has 0 radical (unpaired) electrons. The lowest BCUT2D eigenvalue weighted by atomic mass is 9.92. The average molecular weight is 352 g/mol. The molecule has 0 aliphatic carbocycles. The highest BCUT2D eigenvalue weighted by molar-refractivity contribution is 9.10. The van der Waals surface area contributed by atoms with Crippen molar-refractivity contribution in [1.29, 1.82) is 0 Å². The second-order valence-electron chi connectivity index (χ2n) is 5.54. The molecular weight excluding hydrogens is 334 g/mol. The van der Waals surface area contributed by atoms with Crippen LogP contribution in [0.1, 0.15) is 32.3 Å². The fourth-order valence-corrected chi connectivity index (χ4v) is 3.29. The van der Waals surface area contributed by atoms with Gasteiger partial charge in [-0.25, -0.2) is 9.97 Å². The predicted molar refractivity (Wildman–Crippen MR) is 88.8 cm³/mol. The first kappa shape index (κ1) is 15.3. The van der Waals surface area contributed by atoms with Crippen LogP contribution >= 0.6 is 27.7 Å². The van der Waals surface area contributed by atoms with Crippen molar-refractivity contribution in [3.05, 3.63) is 46.3 Å². The highest BCUT2D eigenvalue weighted by atomic mass is 79.9. The molecule has 0 amide bonds. The van der Waals surface area contributed by atoms with Gasteiger partial charge in [0.05, 0.1) is 15.9 Å². The summed E-state index contributed by atoms with van der Waals surface area (Å²) in [6.07, 6.45) is 0. The third-order valence-electron chi connectivity index (χ3n) is 2.74. The third-order valence-corrected chi connectivity index (χ3v) is 4.53. The molecule has 0 fully saturated rings. The van der Waals surface area contributed by atoms with Crippen molar-refractivity contribution in [2.24, 2.45) is 0 Å². The Morgan fingerprint density at radius 1 is 1.15 bits per heavy atom. The molecule has 0 saturated heterocycles. The van der Waals surface area contributed by atoms with Crippen LogP contribution in [-0.4, -0.2) is 9.97 Å². The summed E-state index contributed by atoms with van der Waals surface area (Å²) in [7, 11) is 0. The van der Waals surface area contributed by atoms with E-state index in [9.17, 15) is 0 Å². The zero-order valence-electron chi connectivity index (χ0n) is 11.9. The lowest BCUT2D eigenvalue weighted by Gasteiger charge is -2.20. The number of nitrogens with zero attached hydrogens (tertiary/aromatic N) is 2. The Labute approximate surface area is 132 Å². The first-order chi connectivity index (χ1) is 9.38. The minimum Gasteiger partial charge on any atom is -0.383 e. The molecule has 0 bridgehead atoms. The monoisotopic (exact) mass is 351 g/mol. The molecule has 2 N–H and O–H groups in total. The molecule has 0 unspecified atom stereocenters. The summed E-state index contributed by atoms with van der Waals surface area (Å²) in [4.78, 5) is 10.2. The van der Waals surface area contributed by atoms with Crippen molar-refractivity contribution in [2.45, 2.75) is 36.8 Å². The van der Waals surface area contributed by atoms with Crippen LogP contribution < -0.4 is 5.73 Å². The van der Waals surface area contributed by atoms with E-state index in [1.807, 2.05) is 18.2 Å². The molecule has 0 aliphatic heterocycles. The number of aromatic nitrogens is 2. The van der Waals surface area contributed by atoms with Gasteiger partial charge in [0.1, 0.15) is 11.6 Å². The van der Waals surface area contributed by atoms with Gasteiger partial charge < -0.3 is 5.73 Å².